The van der Waals surface area contributed by atoms with E-state index in [4.69, 9.17) is 14.2 Å². The first-order valence-electron chi connectivity index (χ1n) is 7.61. The number of hydrogen-bond acceptors (Lipinski definition) is 4. The fraction of sp³-hybridized carbons (Fsp3) is 0.471. The van der Waals surface area contributed by atoms with Gasteiger partial charge in [0, 0.05) is 19.2 Å². The van der Waals surface area contributed by atoms with Gasteiger partial charge in [0.15, 0.2) is 11.5 Å². The molecule has 2 rings (SSSR count). The molecule has 120 valence electrons. The summed E-state index contributed by atoms with van der Waals surface area (Å²) in [5.74, 6) is 1.23. The molecular weight excluding hydrogens is 282 g/mol. The third-order valence-corrected chi connectivity index (χ3v) is 3.44. The van der Waals surface area contributed by atoms with Crippen LogP contribution in [0.15, 0.2) is 24.3 Å². The quantitative estimate of drug-likeness (QED) is 0.786. The Morgan fingerprint density at radius 1 is 1.45 bits per heavy atom. The third-order valence-electron chi connectivity index (χ3n) is 3.44. The summed E-state index contributed by atoms with van der Waals surface area (Å²) in [6, 6.07) is 5.57. The van der Waals surface area contributed by atoms with Crippen LogP contribution in [0.2, 0.25) is 0 Å². The molecule has 1 atom stereocenters. The molecule has 5 nitrogen and oxygen atoms in total. The van der Waals surface area contributed by atoms with E-state index in [1.807, 2.05) is 25.1 Å². The molecule has 1 fully saturated rings. The summed E-state index contributed by atoms with van der Waals surface area (Å²) in [5, 5.41) is 2.85. The molecule has 0 aromatic heterocycles. The monoisotopic (exact) mass is 305 g/mol. The van der Waals surface area contributed by atoms with E-state index < -0.39 is 0 Å². The number of benzene rings is 1. The lowest BCUT2D eigenvalue weighted by molar-refractivity contribution is -0.116. The summed E-state index contributed by atoms with van der Waals surface area (Å²) in [7, 11) is 1.60. The van der Waals surface area contributed by atoms with Crippen molar-refractivity contribution in [1.82, 2.24) is 5.32 Å². The largest absolute Gasteiger partial charge is 0.493 e. The normalized spacial score (nSPS) is 17.6. The molecule has 5 heteroatoms. The zero-order valence-corrected chi connectivity index (χ0v) is 13.1. The van der Waals surface area contributed by atoms with Gasteiger partial charge in [0.05, 0.1) is 19.8 Å². The molecule has 0 unspecified atom stereocenters. The van der Waals surface area contributed by atoms with Gasteiger partial charge in [-0.05, 0) is 43.5 Å². The Bertz CT molecular complexity index is 521. The van der Waals surface area contributed by atoms with Crippen LogP contribution in [0.3, 0.4) is 0 Å². The van der Waals surface area contributed by atoms with E-state index >= 15 is 0 Å². The number of hydrogen-bond donors (Lipinski definition) is 1. The lowest BCUT2D eigenvalue weighted by atomic mass is 10.2. The van der Waals surface area contributed by atoms with Gasteiger partial charge < -0.3 is 19.5 Å². The van der Waals surface area contributed by atoms with E-state index in [9.17, 15) is 4.79 Å². The van der Waals surface area contributed by atoms with Crippen molar-refractivity contribution in [2.24, 2.45) is 0 Å². The summed E-state index contributed by atoms with van der Waals surface area (Å²) in [5.41, 5.74) is 0.882. The number of nitrogens with one attached hydrogen (secondary N) is 1. The van der Waals surface area contributed by atoms with Crippen molar-refractivity contribution >= 4 is 12.0 Å². The summed E-state index contributed by atoms with van der Waals surface area (Å²) in [6.45, 7) is 3.86. The zero-order chi connectivity index (χ0) is 15.8. The molecular formula is C17H23NO4. The molecule has 1 saturated heterocycles. The molecule has 0 saturated carbocycles. The fourth-order valence-corrected chi connectivity index (χ4v) is 2.31. The van der Waals surface area contributed by atoms with Gasteiger partial charge in [0.2, 0.25) is 5.91 Å². The molecule has 1 N–H and O–H groups in total. The predicted molar refractivity (Wildman–Crippen MR) is 85.2 cm³/mol. The van der Waals surface area contributed by atoms with Crippen LogP contribution in [-0.4, -0.2) is 38.9 Å². The molecule has 1 heterocycles. The maximum atomic E-state index is 11.8. The molecule has 1 aromatic carbocycles. The first-order valence-corrected chi connectivity index (χ1v) is 7.61. The minimum atomic E-state index is -0.122. The van der Waals surface area contributed by atoms with E-state index in [0.29, 0.717) is 24.7 Å². The number of amides is 1. The molecule has 0 bridgehead atoms. The Hall–Kier alpha value is -2.01. The lowest BCUT2D eigenvalue weighted by Crippen LogP contribution is -2.30. The highest BCUT2D eigenvalue weighted by molar-refractivity contribution is 5.91. The van der Waals surface area contributed by atoms with Gasteiger partial charge in [-0.3, -0.25) is 4.79 Å². The van der Waals surface area contributed by atoms with Gasteiger partial charge in [-0.15, -0.1) is 0 Å². The molecule has 0 spiro atoms. The van der Waals surface area contributed by atoms with Crippen molar-refractivity contribution < 1.29 is 19.0 Å². The predicted octanol–water partition coefficient (Wildman–Crippen LogP) is 2.40. The van der Waals surface area contributed by atoms with Crippen LogP contribution in [0.5, 0.6) is 11.5 Å². The second-order valence-corrected chi connectivity index (χ2v) is 5.06. The highest BCUT2D eigenvalue weighted by Gasteiger charge is 2.15. The average Bonchev–Trinajstić information content (AvgIpc) is 3.05. The molecule has 0 aliphatic carbocycles. The molecule has 1 aromatic rings. The average molecular weight is 305 g/mol. The van der Waals surface area contributed by atoms with E-state index in [1.54, 1.807) is 13.2 Å². The van der Waals surface area contributed by atoms with Gasteiger partial charge in [0.25, 0.3) is 0 Å². The third kappa shape index (κ3) is 4.77. The van der Waals surface area contributed by atoms with Crippen LogP contribution >= 0.6 is 0 Å². The van der Waals surface area contributed by atoms with Crippen LogP contribution in [-0.2, 0) is 9.53 Å². The Labute approximate surface area is 131 Å². The first kappa shape index (κ1) is 16.4. The Kier molecular flexibility index (Phi) is 6.27. The van der Waals surface area contributed by atoms with Crippen molar-refractivity contribution in [2.45, 2.75) is 25.9 Å². The number of rotatable bonds is 7. The lowest BCUT2D eigenvalue weighted by Gasteiger charge is -2.10. The van der Waals surface area contributed by atoms with Crippen LogP contribution in [0.4, 0.5) is 0 Å². The Morgan fingerprint density at radius 3 is 3.00 bits per heavy atom. The number of carbonyl (C=O) groups is 1. The SMILES string of the molecule is CCOc1ccc(/C=C/C(=O)NC[C@@H]2CCCO2)cc1OC. The van der Waals surface area contributed by atoms with Crippen molar-refractivity contribution in [1.29, 1.82) is 0 Å². The minimum absolute atomic E-state index is 0.122. The molecule has 0 radical (unpaired) electrons. The molecule has 22 heavy (non-hydrogen) atoms. The number of carbonyl (C=O) groups excluding carboxylic acids is 1. The van der Waals surface area contributed by atoms with Crippen LogP contribution < -0.4 is 14.8 Å². The van der Waals surface area contributed by atoms with Gasteiger partial charge >= 0.3 is 0 Å². The van der Waals surface area contributed by atoms with E-state index in [2.05, 4.69) is 5.32 Å². The van der Waals surface area contributed by atoms with Gasteiger partial charge in [0.1, 0.15) is 0 Å². The molecule has 1 aliphatic rings. The fourth-order valence-electron chi connectivity index (χ4n) is 2.31. The zero-order valence-electron chi connectivity index (χ0n) is 13.1. The summed E-state index contributed by atoms with van der Waals surface area (Å²) in [4.78, 5) is 11.8. The highest BCUT2D eigenvalue weighted by Crippen LogP contribution is 2.28. The van der Waals surface area contributed by atoms with E-state index in [1.165, 1.54) is 6.08 Å². The maximum absolute atomic E-state index is 11.8. The summed E-state index contributed by atoms with van der Waals surface area (Å²) in [6.07, 6.45) is 5.51. The smallest absolute Gasteiger partial charge is 0.244 e. The summed E-state index contributed by atoms with van der Waals surface area (Å²) < 4.78 is 16.2. The number of ether oxygens (including phenoxy) is 3. The second-order valence-electron chi connectivity index (χ2n) is 5.06. The van der Waals surface area contributed by atoms with Crippen molar-refractivity contribution in [3.05, 3.63) is 29.8 Å². The standard InChI is InChI=1S/C17H23NO4/c1-3-21-15-8-6-13(11-16(15)20-2)7-9-17(19)18-12-14-5-4-10-22-14/h6-9,11,14H,3-5,10,12H2,1-2H3,(H,18,19)/b9-7+/t14-/m0/s1. The first-order chi connectivity index (χ1) is 10.7. The van der Waals surface area contributed by atoms with Crippen molar-refractivity contribution in [2.75, 3.05) is 26.9 Å². The van der Waals surface area contributed by atoms with Crippen LogP contribution in [0.1, 0.15) is 25.3 Å². The number of methoxy groups -OCH3 is 1. The van der Waals surface area contributed by atoms with Crippen LogP contribution in [0.25, 0.3) is 6.08 Å². The van der Waals surface area contributed by atoms with Gasteiger partial charge in [-0.2, -0.15) is 0 Å². The Balaban J connectivity index is 1.89. The second kappa shape index (κ2) is 8.44. The van der Waals surface area contributed by atoms with Gasteiger partial charge in [-0.1, -0.05) is 6.07 Å². The molecule has 1 amide bonds. The van der Waals surface area contributed by atoms with E-state index in [0.717, 1.165) is 25.0 Å². The molecule has 1 aliphatic heterocycles. The van der Waals surface area contributed by atoms with E-state index in [-0.39, 0.29) is 12.0 Å². The highest BCUT2D eigenvalue weighted by atomic mass is 16.5. The minimum Gasteiger partial charge on any atom is -0.493 e. The maximum Gasteiger partial charge on any atom is 0.244 e. The van der Waals surface area contributed by atoms with Crippen LogP contribution in [0, 0.1) is 0 Å². The van der Waals surface area contributed by atoms with Gasteiger partial charge in [-0.25, -0.2) is 0 Å². The summed E-state index contributed by atoms with van der Waals surface area (Å²) >= 11 is 0. The van der Waals surface area contributed by atoms with Crippen molar-refractivity contribution in [3.63, 3.8) is 0 Å². The van der Waals surface area contributed by atoms with Crippen molar-refractivity contribution in [3.8, 4) is 11.5 Å². The Morgan fingerprint density at radius 2 is 2.32 bits per heavy atom. The topological polar surface area (TPSA) is 56.8 Å².